The molecule has 0 heterocycles. The lowest BCUT2D eigenvalue weighted by Crippen LogP contribution is -2.53. The van der Waals surface area contributed by atoms with Crippen molar-refractivity contribution in [3.8, 4) is 0 Å². The minimum atomic E-state index is -1.06. The summed E-state index contributed by atoms with van der Waals surface area (Å²) in [6.07, 6.45) is 1.17. The molecule has 0 spiro atoms. The Morgan fingerprint density at radius 1 is 0.562 bits per heavy atom. The van der Waals surface area contributed by atoms with Crippen LogP contribution in [0.2, 0.25) is 0 Å². The second kappa shape index (κ2) is 4.30. The van der Waals surface area contributed by atoms with E-state index in [1.807, 2.05) is 0 Å². The Morgan fingerprint density at radius 3 is 0.875 bits per heavy atom. The quantitative estimate of drug-likeness (QED) is 0.780. The van der Waals surface area contributed by atoms with Crippen LogP contribution >= 0.6 is 0 Å². The summed E-state index contributed by atoms with van der Waals surface area (Å²) < 4.78 is 0. The lowest BCUT2D eigenvalue weighted by Gasteiger charge is -2.45. The van der Waals surface area contributed by atoms with Crippen molar-refractivity contribution in [3.63, 3.8) is 0 Å². The predicted molar refractivity (Wildman–Crippen MR) is 69.4 cm³/mol. The fourth-order valence-electron chi connectivity index (χ4n) is 2.45. The molecule has 0 aliphatic heterocycles. The SMILES string of the molecule is CC(C)(C)CC(C)(O)C(C)(O)CC(C)(C)C. The summed E-state index contributed by atoms with van der Waals surface area (Å²) in [5.41, 5.74) is -2.10. The van der Waals surface area contributed by atoms with Crippen LogP contribution in [0.4, 0.5) is 0 Å². The molecule has 0 radical (unpaired) electrons. The summed E-state index contributed by atoms with van der Waals surface area (Å²) in [5.74, 6) is 0. The van der Waals surface area contributed by atoms with Gasteiger partial charge in [-0.15, -0.1) is 0 Å². The van der Waals surface area contributed by atoms with Crippen molar-refractivity contribution in [2.45, 2.75) is 79.4 Å². The van der Waals surface area contributed by atoms with Gasteiger partial charge in [-0.2, -0.15) is 0 Å². The van der Waals surface area contributed by atoms with E-state index in [4.69, 9.17) is 0 Å². The molecule has 2 heteroatoms. The van der Waals surface area contributed by atoms with Crippen LogP contribution < -0.4 is 0 Å². The number of rotatable bonds is 3. The van der Waals surface area contributed by atoms with Crippen LogP contribution in [0.3, 0.4) is 0 Å². The number of hydrogen-bond acceptors (Lipinski definition) is 2. The first kappa shape index (κ1) is 15.9. The molecule has 2 unspecified atom stereocenters. The lowest BCUT2D eigenvalue weighted by atomic mass is 9.69. The van der Waals surface area contributed by atoms with Crippen LogP contribution in [0.25, 0.3) is 0 Å². The fourth-order valence-corrected chi connectivity index (χ4v) is 2.45. The molecule has 0 amide bonds. The molecule has 0 aromatic rings. The molecule has 98 valence electrons. The van der Waals surface area contributed by atoms with Gasteiger partial charge in [-0.05, 0) is 37.5 Å². The van der Waals surface area contributed by atoms with Gasteiger partial charge >= 0.3 is 0 Å². The van der Waals surface area contributed by atoms with Crippen LogP contribution in [0.5, 0.6) is 0 Å². The molecule has 0 bridgehead atoms. The van der Waals surface area contributed by atoms with Crippen molar-refractivity contribution >= 4 is 0 Å². The minimum absolute atomic E-state index is 0.00533. The van der Waals surface area contributed by atoms with Crippen molar-refractivity contribution < 1.29 is 10.2 Å². The molecule has 2 nitrogen and oxygen atoms in total. The highest BCUT2D eigenvalue weighted by Crippen LogP contribution is 2.40. The molecule has 0 saturated carbocycles. The Hall–Kier alpha value is -0.0800. The van der Waals surface area contributed by atoms with Gasteiger partial charge in [0.25, 0.3) is 0 Å². The second-order valence-corrected chi connectivity index (χ2v) is 8.02. The van der Waals surface area contributed by atoms with E-state index in [9.17, 15) is 10.2 Å². The molecule has 0 aliphatic carbocycles. The van der Waals surface area contributed by atoms with Crippen molar-refractivity contribution in [2.24, 2.45) is 10.8 Å². The lowest BCUT2D eigenvalue weighted by molar-refractivity contribution is -0.161. The molecule has 0 rings (SSSR count). The molecular formula is C14H30O2. The van der Waals surface area contributed by atoms with Crippen LogP contribution in [-0.2, 0) is 0 Å². The first-order valence-corrected chi connectivity index (χ1v) is 6.11. The molecule has 0 fully saturated rings. The van der Waals surface area contributed by atoms with Gasteiger partial charge < -0.3 is 10.2 Å². The molecule has 2 N–H and O–H groups in total. The Bertz CT molecular complexity index is 200. The smallest absolute Gasteiger partial charge is 0.0907 e. The monoisotopic (exact) mass is 230 g/mol. The number of hydrogen-bond donors (Lipinski definition) is 2. The zero-order valence-corrected chi connectivity index (χ0v) is 12.3. The molecule has 2 atom stereocenters. The van der Waals surface area contributed by atoms with Crippen molar-refractivity contribution in [1.29, 1.82) is 0 Å². The van der Waals surface area contributed by atoms with Crippen molar-refractivity contribution in [1.82, 2.24) is 0 Å². The van der Waals surface area contributed by atoms with E-state index in [1.165, 1.54) is 0 Å². The molecule has 0 saturated heterocycles. The summed E-state index contributed by atoms with van der Waals surface area (Å²) >= 11 is 0. The van der Waals surface area contributed by atoms with Crippen LogP contribution in [0, 0.1) is 10.8 Å². The van der Waals surface area contributed by atoms with E-state index < -0.39 is 11.2 Å². The molecular weight excluding hydrogens is 200 g/mol. The second-order valence-electron chi connectivity index (χ2n) is 8.02. The maximum atomic E-state index is 10.5. The summed E-state index contributed by atoms with van der Waals surface area (Å²) in [6.45, 7) is 15.9. The maximum Gasteiger partial charge on any atom is 0.0907 e. The topological polar surface area (TPSA) is 40.5 Å². The Balaban J connectivity index is 4.85. The zero-order valence-electron chi connectivity index (χ0n) is 12.3. The fraction of sp³-hybridized carbons (Fsp3) is 1.00. The van der Waals surface area contributed by atoms with Gasteiger partial charge in [-0.25, -0.2) is 0 Å². The van der Waals surface area contributed by atoms with Gasteiger partial charge in [-0.3, -0.25) is 0 Å². The third-order valence-electron chi connectivity index (χ3n) is 2.91. The normalized spacial score (nSPS) is 21.4. The summed E-state index contributed by atoms with van der Waals surface area (Å²) in [5, 5.41) is 21.0. The van der Waals surface area contributed by atoms with Gasteiger partial charge in [-0.1, -0.05) is 41.5 Å². The van der Waals surface area contributed by atoms with Crippen LogP contribution in [-0.4, -0.2) is 21.4 Å². The average molecular weight is 230 g/mol. The van der Waals surface area contributed by atoms with E-state index in [0.717, 1.165) is 0 Å². The highest BCUT2D eigenvalue weighted by molar-refractivity contribution is 4.97. The van der Waals surface area contributed by atoms with Crippen LogP contribution in [0.1, 0.15) is 68.2 Å². The van der Waals surface area contributed by atoms with E-state index in [-0.39, 0.29) is 10.8 Å². The van der Waals surface area contributed by atoms with Crippen molar-refractivity contribution in [3.05, 3.63) is 0 Å². The van der Waals surface area contributed by atoms with Crippen molar-refractivity contribution in [2.75, 3.05) is 0 Å². The molecule has 16 heavy (non-hydrogen) atoms. The first-order valence-electron chi connectivity index (χ1n) is 6.11. The third kappa shape index (κ3) is 5.31. The highest BCUT2D eigenvalue weighted by Gasteiger charge is 2.45. The molecule has 0 aromatic heterocycles. The standard InChI is InChI=1S/C14H30O2/c1-11(2,3)9-13(7,15)14(8,16)10-12(4,5)6/h15-16H,9-10H2,1-8H3. The molecule has 0 aromatic carbocycles. The highest BCUT2D eigenvalue weighted by atomic mass is 16.4. The number of aliphatic hydroxyl groups is 2. The van der Waals surface area contributed by atoms with Gasteiger partial charge in [0.15, 0.2) is 0 Å². The van der Waals surface area contributed by atoms with Crippen LogP contribution in [0.15, 0.2) is 0 Å². The zero-order chi connectivity index (χ0) is 13.4. The Kier molecular flexibility index (Phi) is 4.28. The van der Waals surface area contributed by atoms with Gasteiger partial charge in [0.2, 0.25) is 0 Å². The molecule has 0 aliphatic rings. The minimum Gasteiger partial charge on any atom is -0.387 e. The van der Waals surface area contributed by atoms with E-state index in [2.05, 4.69) is 41.5 Å². The van der Waals surface area contributed by atoms with Gasteiger partial charge in [0.1, 0.15) is 0 Å². The Morgan fingerprint density at radius 2 is 0.750 bits per heavy atom. The van der Waals surface area contributed by atoms with Gasteiger partial charge in [0, 0.05) is 0 Å². The predicted octanol–water partition coefficient (Wildman–Crippen LogP) is 3.36. The van der Waals surface area contributed by atoms with E-state index in [0.29, 0.717) is 12.8 Å². The van der Waals surface area contributed by atoms with Gasteiger partial charge in [0.05, 0.1) is 11.2 Å². The summed E-state index contributed by atoms with van der Waals surface area (Å²) in [4.78, 5) is 0. The van der Waals surface area contributed by atoms with E-state index >= 15 is 0 Å². The first-order chi connectivity index (χ1) is 6.66. The average Bonchev–Trinajstić information content (AvgIpc) is 1.72. The largest absolute Gasteiger partial charge is 0.387 e. The summed E-state index contributed by atoms with van der Waals surface area (Å²) in [6, 6.07) is 0. The Labute approximate surface area is 101 Å². The third-order valence-corrected chi connectivity index (χ3v) is 2.91. The summed E-state index contributed by atoms with van der Waals surface area (Å²) in [7, 11) is 0. The maximum absolute atomic E-state index is 10.5. The van der Waals surface area contributed by atoms with E-state index in [1.54, 1.807) is 13.8 Å².